The van der Waals surface area contributed by atoms with E-state index in [0.29, 0.717) is 4.31 Å². The number of ether oxygens (including phenoxy) is 1. The Morgan fingerprint density at radius 3 is 2.33 bits per heavy atom. The number of amides is 1. The predicted molar refractivity (Wildman–Crippen MR) is 61.0 cm³/mol. The maximum atomic E-state index is 11.7. The van der Waals surface area contributed by atoms with E-state index in [1.54, 1.807) is 6.92 Å². The maximum Gasteiger partial charge on any atom is 0.313 e. The zero-order valence-electron chi connectivity index (χ0n) is 10.4. The summed E-state index contributed by atoms with van der Waals surface area (Å²) in [7, 11) is -3.78. The molecule has 0 unspecified atom stereocenters. The van der Waals surface area contributed by atoms with Crippen LogP contribution in [0.4, 0.5) is 0 Å². The maximum absolute atomic E-state index is 11.7. The van der Waals surface area contributed by atoms with Gasteiger partial charge in [-0.25, -0.2) is 12.7 Å². The smallest absolute Gasteiger partial charge is 0.313 e. The van der Waals surface area contributed by atoms with E-state index in [-0.39, 0.29) is 6.61 Å². The normalized spacial score (nSPS) is 20.2. The number of sulfonamides is 1. The number of carbonyl (C=O) groups excluding carboxylic acids is 3. The van der Waals surface area contributed by atoms with Gasteiger partial charge in [-0.3, -0.25) is 14.4 Å². The molecule has 1 saturated heterocycles. The molecule has 0 aliphatic carbocycles. The van der Waals surface area contributed by atoms with Gasteiger partial charge < -0.3 is 4.74 Å². The number of esters is 1. The summed E-state index contributed by atoms with van der Waals surface area (Å²) in [6.45, 7) is 3.67. The first-order valence-electron chi connectivity index (χ1n) is 5.38. The predicted octanol–water partition coefficient (Wildman–Crippen LogP) is -0.541. The van der Waals surface area contributed by atoms with Crippen LogP contribution in [0, 0.1) is 0 Å². The van der Waals surface area contributed by atoms with Crippen LogP contribution in [0.2, 0.25) is 0 Å². The molecule has 1 aliphatic rings. The number of nitrogens with zero attached hydrogens (tertiary/aromatic N) is 1. The molecule has 0 aromatic carbocycles. The monoisotopic (exact) mass is 277 g/mol. The number of hydrogen-bond acceptors (Lipinski definition) is 6. The minimum Gasteiger partial charge on any atom is -0.466 e. The highest BCUT2D eigenvalue weighted by Crippen LogP contribution is 2.34. The third-order valence-electron chi connectivity index (χ3n) is 2.64. The molecular formula is C10H15NO6S. The molecule has 0 aromatic rings. The van der Waals surface area contributed by atoms with E-state index in [2.05, 4.69) is 4.74 Å². The van der Waals surface area contributed by atoms with E-state index in [9.17, 15) is 22.8 Å². The van der Waals surface area contributed by atoms with Crippen LogP contribution in [-0.4, -0.2) is 48.3 Å². The molecule has 1 amide bonds. The standard InChI is InChI=1S/C10H15NO6S/c1-4-17-8(13)5-7(12)6-11-9(14)10(2,3)18(11,15)16/h4-6H2,1-3H3. The molecule has 0 aromatic heterocycles. The summed E-state index contributed by atoms with van der Waals surface area (Å²) in [4.78, 5) is 34.0. The Morgan fingerprint density at radius 2 is 1.89 bits per heavy atom. The lowest BCUT2D eigenvalue weighted by atomic mass is 10.1. The third-order valence-corrected chi connectivity index (χ3v) is 4.98. The summed E-state index contributed by atoms with van der Waals surface area (Å²) in [5, 5.41) is 0. The molecule has 1 aliphatic heterocycles. The molecule has 1 heterocycles. The molecule has 0 atom stereocenters. The van der Waals surface area contributed by atoms with Crippen molar-refractivity contribution in [2.45, 2.75) is 31.9 Å². The van der Waals surface area contributed by atoms with E-state index in [1.807, 2.05) is 0 Å². The van der Waals surface area contributed by atoms with Gasteiger partial charge in [0.15, 0.2) is 10.5 Å². The topological polar surface area (TPSA) is 97.8 Å². The second-order valence-corrected chi connectivity index (χ2v) is 6.76. The van der Waals surface area contributed by atoms with Crippen molar-refractivity contribution in [1.29, 1.82) is 0 Å². The number of Topliss-reactive ketones (excluding diaryl/α,β-unsaturated/α-hetero) is 1. The zero-order chi connectivity index (χ0) is 14.1. The summed E-state index contributed by atoms with van der Waals surface area (Å²) in [5.74, 6) is -2.03. The highest BCUT2D eigenvalue weighted by Gasteiger charge is 2.60. The fourth-order valence-corrected chi connectivity index (χ4v) is 3.01. The van der Waals surface area contributed by atoms with E-state index >= 15 is 0 Å². The first-order chi connectivity index (χ1) is 8.14. The largest absolute Gasteiger partial charge is 0.466 e. The lowest BCUT2D eigenvalue weighted by Crippen LogP contribution is -2.68. The number of carbonyl (C=O) groups is 3. The molecule has 102 valence electrons. The SMILES string of the molecule is CCOC(=O)CC(=O)CN1C(=O)C(C)(C)S1(=O)=O. The Balaban J connectivity index is 2.63. The average molecular weight is 277 g/mol. The van der Waals surface area contributed by atoms with Crippen LogP contribution in [0.1, 0.15) is 27.2 Å². The minimum absolute atomic E-state index is 0.139. The minimum atomic E-state index is -3.78. The van der Waals surface area contributed by atoms with Crippen molar-refractivity contribution in [3.8, 4) is 0 Å². The summed E-state index contributed by atoms with van der Waals surface area (Å²) < 4.78 is 26.9. The van der Waals surface area contributed by atoms with Crippen LogP contribution < -0.4 is 0 Å². The zero-order valence-corrected chi connectivity index (χ0v) is 11.2. The van der Waals surface area contributed by atoms with Gasteiger partial charge in [0.05, 0.1) is 13.2 Å². The Hall–Kier alpha value is -1.44. The summed E-state index contributed by atoms with van der Waals surface area (Å²) >= 11 is 0. The molecule has 0 saturated carbocycles. The summed E-state index contributed by atoms with van der Waals surface area (Å²) in [6, 6.07) is 0. The van der Waals surface area contributed by atoms with E-state index < -0.39 is 45.4 Å². The Bertz CT molecular complexity index is 492. The van der Waals surface area contributed by atoms with Crippen molar-refractivity contribution in [3.63, 3.8) is 0 Å². The van der Waals surface area contributed by atoms with Crippen molar-refractivity contribution < 1.29 is 27.5 Å². The molecule has 0 radical (unpaired) electrons. The van der Waals surface area contributed by atoms with Crippen molar-refractivity contribution >= 4 is 27.7 Å². The molecule has 18 heavy (non-hydrogen) atoms. The van der Waals surface area contributed by atoms with Gasteiger partial charge in [-0.05, 0) is 20.8 Å². The van der Waals surface area contributed by atoms with Crippen LogP contribution in [-0.2, 0) is 29.1 Å². The second-order valence-electron chi connectivity index (χ2n) is 4.35. The van der Waals surface area contributed by atoms with Gasteiger partial charge in [-0.1, -0.05) is 0 Å². The second kappa shape index (κ2) is 4.68. The fraction of sp³-hybridized carbons (Fsp3) is 0.700. The highest BCUT2D eigenvalue weighted by atomic mass is 32.2. The molecule has 1 rings (SSSR count). The van der Waals surface area contributed by atoms with Crippen molar-refractivity contribution in [1.82, 2.24) is 4.31 Å². The van der Waals surface area contributed by atoms with Gasteiger partial charge in [-0.2, -0.15) is 0 Å². The Kier molecular flexibility index (Phi) is 3.80. The van der Waals surface area contributed by atoms with Crippen LogP contribution in [0.3, 0.4) is 0 Å². The van der Waals surface area contributed by atoms with Gasteiger partial charge in [0.1, 0.15) is 6.42 Å². The quantitative estimate of drug-likeness (QED) is 0.494. The van der Waals surface area contributed by atoms with Crippen molar-refractivity contribution in [2.24, 2.45) is 0 Å². The first kappa shape index (κ1) is 14.6. The average Bonchev–Trinajstić information content (AvgIpc) is 2.24. The van der Waals surface area contributed by atoms with Gasteiger partial charge in [-0.15, -0.1) is 0 Å². The van der Waals surface area contributed by atoms with Gasteiger partial charge >= 0.3 is 5.97 Å². The first-order valence-corrected chi connectivity index (χ1v) is 6.82. The van der Waals surface area contributed by atoms with E-state index in [0.717, 1.165) is 0 Å². The van der Waals surface area contributed by atoms with E-state index in [4.69, 9.17) is 0 Å². The lowest BCUT2D eigenvalue weighted by Gasteiger charge is -2.42. The molecule has 0 spiro atoms. The van der Waals surface area contributed by atoms with Crippen LogP contribution in [0.25, 0.3) is 0 Å². The molecule has 7 nitrogen and oxygen atoms in total. The van der Waals surface area contributed by atoms with E-state index in [1.165, 1.54) is 13.8 Å². The lowest BCUT2D eigenvalue weighted by molar-refractivity contribution is -0.146. The number of ketones is 1. The third kappa shape index (κ3) is 2.24. The van der Waals surface area contributed by atoms with Crippen molar-refractivity contribution in [3.05, 3.63) is 0 Å². The van der Waals surface area contributed by atoms with Gasteiger partial charge in [0.2, 0.25) is 0 Å². The fourth-order valence-electron chi connectivity index (χ4n) is 1.50. The summed E-state index contributed by atoms with van der Waals surface area (Å²) in [5.41, 5.74) is 0. The molecule has 1 fully saturated rings. The van der Waals surface area contributed by atoms with Gasteiger partial charge in [0.25, 0.3) is 15.9 Å². The molecular weight excluding hydrogens is 262 g/mol. The summed E-state index contributed by atoms with van der Waals surface area (Å²) in [6.07, 6.45) is -0.534. The molecule has 8 heteroatoms. The van der Waals surface area contributed by atoms with Crippen LogP contribution >= 0.6 is 0 Å². The number of rotatable bonds is 5. The molecule has 0 bridgehead atoms. The van der Waals surface area contributed by atoms with Gasteiger partial charge in [0, 0.05) is 0 Å². The highest BCUT2D eigenvalue weighted by molar-refractivity contribution is 7.94. The number of hydrogen-bond donors (Lipinski definition) is 0. The molecule has 0 N–H and O–H groups in total. The van der Waals surface area contributed by atoms with Crippen LogP contribution in [0.15, 0.2) is 0 Å². The van der Waals surface area contributed by atoms with Crippen molar-refractivity contribution in [2.75, 3.05) is 13.2 Å². The van der Waals surface area contributed by atoms with Crippen LogP contribution in [0.5, 0.6) is 0 Å². The Labute approximate surface area is 105 Å². The Morgan fingerprint density at radius 1 is 1.33 bits per heavy atom.